The normalized spacial score (nSPS) is 19.0. The molecular weight excluding hydrogens is 398 g/mol. The van der Waals surface area contributed by atoms with Crippen LogP contribution in [0.3, 0.4) is 0 Å². The van der Waals surface area contributed by atoms with Crippen molar-refractivity contribution in [2.45, 2.75) is 12.5 Å². The minimum atomic E-state index is -3.07. The Hall–Kier alpha value is -1.90. The summed E-state index contributed by atoms with van der Waals surface area (Å²) in [5.74, 6) is -1.20. The lowest BCUT2D eigenvalue weighted by atomic mass is 10.2. The minimum absolute atomic E-state index is 0.0659. The van der Waals surface area contributed by atoms with E-state index < -0.39 is 34.4 Å². The Bertz CT molecular complexity index is 980. The number of hydrogen-bond acceptors (Lipinski definition) is 6. The zero-order valence-corrected chi connectivity index (χ0v) is 16.0. The second-order valence-corrected chi connectivity index (χ2v) is 9.58. The number of benzene rings is 1. The maximum Gasteiger partial charge on any atom is 0.331 e. The topological polar surface area (TPSA) is 89.5 Å². The fourth-order valence-corrected chi connectivity index (χ4v) is 5.72. The summed E-state index contributed by atoms with van der Waals surface area (Å²) >= 11 is 7.73. The SMILES string of the molecule is O=C(COC(=O)/C=C/c1sc2ccccc2c1Cl)N[C@@H]1CCS(=O)(=O)C1. The number of amides is 1. The highest BCUT2D eigenvalue weighted by Gasteiger charge is 2.28. The van der Waals surface area contributed by atoms with Crippen LogP contribution in [-0.2, 0) is 24.2 Å². The number of esters is 1. The Morgan fingerprint density at radius 3 is 2.81 bits per heavy atom. The van der Waals surface area contributed by atoms with Crippen molar-refractivity contribution in [2.75, 3.05) is 18.1 Å². The average Bonchev–Trinajstić information content (AvgIpc) is 3.10. The van der Waals surface area contributed by atoms with Crippen LogP contribution in [0.4, 0.5) is 0 Å². The van der Waals surface area contributed by atoms with Gasteiger partial charge in [-0.2, -0.15) is 0 Å². The standard InChI is InChI=1S/C17H16ClNO5S2/c18-17-12-3-1-2-4-13(12)25-14(17)5-6-16(21)24-9-15(20)19-11-7-8-26(22,23)10-11/h1-6,11H,7-10H2,(H,19,20)/b6-5+/t11-/m1/s1. The molecule has 3 rings (SSSR count). The largest absolute Gasteiger partial charge is 0.452 e. The number of fused-ring (bicyclic) bond motifs is 1. The van der Waals surface area contributed by atoms with E-state index in [1.807, 2.05) is 24.3 Å². The molecule has 1 atom stereocenters. The lowest BCUT2D eigenvalue weighted by Crippen LogP contribution is -2.38. The molecule has 1 aliphatic rings. The van der Waals surface area contributed by atoms with Crippen molar-refractivity contribution in [3.8, 4) is 0 Å². The number of sulfone groups is 1. The molecule has 138 valence electrons. The number of thiophene rings is 1. The van der Waals surface area contributed by atoms with Crippen LogP contribution in [0.25, 0.3) is 16.2 Å². The quantitative estimate of drug-likeness (QED) is 0.600. The summed E-state index contributed by atoms with van der Waals surface area (Å²) in [6.45, 7) is -0.458. The zero-order chi connectivity index (χ0) is 18.7. The van der Waals surface area contributed by atoms with Gasteiger partial charge in [-0.15, -0.1) is 11.3 Å². The molecule has 0 saturated carbocycles. The minimum Gasteiger partial charge on any atom is -0.452 e. The number of nitrogens with one attached hydrogen (secondary N) is 1. The molecule has 1 N–H and O–H groups in total. The van der Waals surface area contributed by atoms with E-state index in [1.165, 1.54) is 17.4 Å². The Morgan fingerprint density at radius 2 is 2.12 bits per heavy atom. The van der Waals surface area contributed by atoms with Crippen molar-refractivity contribution in [3.05, 3.63) is 40.2 Å². The molecule has 2 heterocycles. The summed E-state index contributed by atoms with van der Waals surface area (Å²) in [5.41, 5.74) is 0. The maximum absolute atomic E-state index is 11.8. The van der Waals surface area contributed by atoms with Gasteiger partial charge in [0.15, 0.2) is 16.4 Å². The fraction of sp³-hybridized carbons (Fsp3) is 0.294. The van der Waals surface area contributed by atoms with Gasteiger partial charge in [0.05, 0.1) is 16.5 Å². The van der Waals surface area contributed by atoms with Crippen molar-refractivity contribution < 1.29 is 22.7 Å². The van der Waals surface area contributed by atoms with Gasteiger partial charge in [0.1, 0.15) is 0 Å². The van der Waals surface area contributed by atoms with E-state index in [1.54, 1.807) is 6.08 Å². The van der Waals surface area contributed by atoms with Crippen LogP contribution < -0.4 is 5.32 Å². The summed E-state index contributed by atoms with van der Waals surface area (Å²) in [5, 5.41) is 4.03. The van der Waals surface area contributed by atoms with Gasteiger partial charge >= 0.3 is 5.97 Å². The molecule has 2 aromatic rings. The Labute approximate surface area is 159 Å². The van der Waals surface area contributed by atoms with Crippen LogP contribution in [0.5, 0.6) is 0 Å². The number of rotatable bonds is 5. The van der Waals surface area contributed by atoms with Crippen LogP contribution in [0, 0.1) is 0 Å². The molecular formula is C17H16ClNO5S2. The molecule has 1 fully saturated rings. The van der Waals surface area contributed by atoms with Crippen molar-refractivity contribution in [1.82, 2.24) is 5.32 Å². The molecule has 1 aromatic heterocycles. The number of hydrogen-bond donors (Lipinski definition) is 1. The predicted molar refractivity (Wildman–Crippen MR) is 102 cm³/mol. The number of carbonyl (C=O) groups is 2. The summed E-state index contributed by atoms with van der Waals surface area (Å²) < 4.78 is 28.6. The van der Waals surface area contributed by atoms with Crippen molar-refractivity contribution >= 4 is 60.8 Å². The van der Waals surface area contributed by atoms with Gasteiger partial charge in [-0.05, 0) is 18.6 Å². The van der Waals surface area contributed by atoms with Gasteiger partial charge in [-0.1, -0.05) is 29.8 Å². The highest BCUT2D eigenvalue weighted by Crippen LogP contribution is 2.35. The summed E-state index contributed by atoms with van der Waals surface area (Å²) in [6, 6.07) is 7.22. The molecule has 0 spiro atoms. The van der Waals surface area contributed by atoms with Gasteiger partial charge in [0.2, 0.25) is 0 Å². The fourth-order valence-electron chi connectivity index (χ4n) is 2.65. The van der Waals surface area contributed by atoms with Gasteiger partial charge < -0.3 is 10.1 Å². The van der Waals surface area contributed by atoms with E-state index in [-0.39, 0.29) is 11.5 Å². The van der Waals surface area contributed by atoms with Gasteiger partial charge in [0, 0.05) is 27.1 Å². The summed E-state index contributed by atoms with van der Waals surface area (Å²) in [6.07, 6.45) is 3.15. The van der Waals surface area contributed by atoms with Gasteiger partial charge in [0.25, 0.3) is 5.91 Å². The molecule has 6 nitrogen and oxygen atoms in total. The van der Waals surface area contributed by atoms with E-state index in [0.29, 0.717) is 11.4 Å². The average molecular weight is 414 g/mol. The third-order valence-electron chi connectivity index (χ3n) is 3.87. The monoisotopic (exact) mass is 413 g/mol. The Morgan fingerprint density at radius 1 is 1.35 bits per heavy atom. The number of halogens is 1. The van der Waals surface area contributed by atoms with Crippen molar-refractivity contribution in [3.63, 3.8) is 0 Å². The van der Waals surface area contributed by atoms with Gasteiger partial charge in [-0.3, -0.25) is 4.79 Å². The molecule has 1 saturated heterocycles. The number of carbonyl (C=O) groups excluding carboxylic acids is 2. The highest BCUT2D eigenvalue weighted by atomic mass is 35.5. The van der Waals surface area contributed by atoms with Crippen LogP contribution >= 0.6 is 22.9 Å². The second-order valence-electron chi connectivity index (χ2n) is 5.88. The predicted octanol–water partition coefficient (Wildman–Crippen LogP) is 2.41. The Balaban J connectivity index is 1.51. The third-order valence-corrected chi connectivity index (χ3v) is 7.30. The van der Waals surface area contributed by atoms with Crippen molar-refractivity contribution in [1.29, 1.82) is 0 Å². The van der Waals surface area contributed by atoms with Crippen LogP contribution in [-0.4, -0.2) is 44.4 Å². The first-order valence-corrected chi connectivity index (χ1v) is 10.9. The third kappa shape index (κ3) is 4.63. The van der Waals surface area contributed by atoms with E-state index in [4.69, 9.17) is 16.3 Å². The molecule has 9 heteroatoms. The van der Waals surface area contributed by atoms with Crippen LogP contribution in [0.1, 0.15) is 11.3 Å². The van der Waals surface area contributed by atoms with Crippen LogP contribution in [0.2, 0.25) is 5.02 Å². The van der Waals surface area contributed by atoms with Crippen molar-refractivity contribution in [2.24, 2.45) is 0 Å². The molecule has 0 unspecified atom stereocenters. The number of ether oxygens (including phenoxy) is 1. The lowest BCUT2D eigenvalue weighted by Gasteiger charge is -2.10. The molecule has 0 aliphatic carbocycles. The highest BCUT2D eigenvalue weighted by molar-refractivity contribution is 7.91. The maximum atomic E-state index is 11.8. The molecule has 26 heavy (non-hydrogen) atoms. The first kappa shape index (κ1) is 18.9. The summed E-state index contributed by atoms with van der Waals surface area (Å²) in [4.78, 5) is 24.2. The van der Waals surface area contributed by atoms with E-state index in [9.17, 15) is 18.0 Å². The molecule has 1 aromatic carbocycles. The Kier molecular flexibility index (Phi) is 5.64. The molecule has 1 amide bonds. The zero-order valence-electron chi connectivity index (χ0n) is 13.6. The second kappa shape index (κ2) is 7.77. The first-order chi connectivity index (χ1) is 12.3. The molecule has 1 aliphatic heterocycles. The first-order valence-electron chi connectivity index (χ1n) is 7.86. The van der Waals surface area contributed by atoms with Crippen LogP contribution in [0.15, 0.2) is 30.3 Å². The van der Waals surface area contributed by atoms with Gasteiger partial charge in [-0.25, -0.2) is 13.2 Å². The van der Waals surface area contributed by atoms with E-state index >= 15 is 0 Å². The summed E-state index contributed by atoms with van der Waals surface area (Å²) in [7, 11) is -3.07. The van der Waals surface area contributed by atoms with E-state index in [0.717, 1.165) is 15.0 Å². The van der Waals surface area contributed by atoms with E-state index in [2.05, 4.69) is 5.32 Å². The molecule has 0 bridgehead atoms. The smallest absolute Gasteiger partial charge is 0.331 e. The molecule has 0 radical (unpaired) electrons. The lowest BCUT2D eigenvalue weighted by molar-refractivity contribution is -0.143.